The van der Waals surface area contributed by atoms with Gasteiger partial charge in [0.05, 0.1) is 18.9 Å². The molecule has 1 saturated heterocycles. The molecule has 2 rings (SSSR count). The second-order valence-corrected chi connectivity index (χ2v) is 6.47. The first-order valence-electron chi connectivity index (χ1n) is 9.00. The van der Waals surface area contributed by atoms with E-state index >= 15 is 0 Å². The summed E-state index contributed by atoms with van der Waals surface area (Å²) in [5.74, 6) is -1.81. The van der Waals surface area contributed by atoms with Gasteiger partial charge in [-0.2, -0.15) is 4.39 Å². The predicted molar refractivity (Wildman–Crippen MR) is 91.4 cm³/mol. The molecule has 0 aliphatic carbocycles. The Morgan fingerprint density at radius 3 is 2.74 bits per heavy atom. The van der Waals surface area contributed by atoms with Crippen molar-refractivity contribution in [1.82, 2.24) is 9.13 Å². The lowest BCUT2D eigenvalue weighted by Gasteiger charge is -2.16. The average Bonchev–Trinajstić information content (AvgIpc) is 3.02. The highest BCUT2D eigenvalue weighted by atomic mass is 19.1. The minimum atomic E-state index is -1.22. The largest absolute Gasteiger partial charge is 0.444 e. The smallest absolute Gasteiger partial charge is 0.336 e. The number of halogens is 1. The molecule has 1 unspecified atom stereocenters. The number of aliphatic hydroxyl groups excluding tert-OH is 2. The number of hydrogen-bond donors (Lipinski definition) is 2. The van der Waals surface area contributed by atoms with E-state index in [1.165, 1.54) is 0 Å². The molecule has 0 bridgehead atoms. The molecule has 1 fully saturated rings. The normalized spacial score (nSPS) is 22.1. The number of rotatable bonds is 9. The van der Waals surface area contributed by atoms with E-state index in [-0.39, 0.29) is 12.8 Å². The number of aromatic nitrogens is 2. The molecule has 0 aromatic carbocycles. The van der Waals surface area contributed by atoms with Crippen LogP contribution in [0.15, 0.2) is 15.8 Å². The maximum Gasteiger partial charge on any atom is 0.336 e. The van der Waals surface area contributed by atoms with Gasteiger partial charge >= 0.3 is 11.7 Å². The molecule has 3 atom stereocenters. The second kappa shape index (κ2) is 9.77. The van der Waals surface area contributed by atoms with E-state index in [0.717, 1.165) is 23.8 Å². The fraction of sp³-hybridized carbons (Fsp3) is 0.706. The van der Waals surface area contributed by atoms with E-state index in [0.29, 0.717) is 17.2 Å². The summed E-state index contributed by atoms with van der Waals surface area (Å²) in [4.78, 5) is 36.1. The van der Waals surface area contributed by atoms with Gasteiger partial charge in [-0.25, -0.2) is 9.36 Å². The van der Waals surface area contributed by atoms with Gasteiger partial charge in [0.2, 0.25) is 5.82 Å². The Morgan fingerprint density at radius 2 is 2.11 bits per heavy atom. The van der Waals surface area contributed by atoms with Crippen molar-refractivity contribution in [2.45, 2.75) is 70.6 Å². The fourth-order valence-electron chi connectivity index (χ4n) is 2.86. The van der Waals surface area contributed by atoms with Crippen molar-refractivity contribution in [3.05, 3.63) is 32.9 Å². The van der Waals surface area contributed by atoms with Crippen LogP contribution >= 0.6 is 0 Å². The number of carbonyl (C=O) groups excluding carboxylic acids is 1. The van der Waals surface area contributed by atoms with Crippen molar-refractivity contribution in [2.24, 2.45) is 0 Å². The van der Waals surface area contributed by atoms with Gasteiger partial charge in [0.25, 0.3) is 5.56 Å². The van der Waals surface area contributed by atoms with E-state index in [2.05, 4.69) is 0 Å². The van der Waals surface area contributed by atoms with Crippen LogP contribution in [-0.2, 0) is 21.0 Å². The third kappa shape index (κ3) is 5.24. The summed E-state index contributed by atoms with van der Waals surface area (Å²) in [5.41, 5.74) is -2.15. The number of carbonyl (C=O) groups is 1. The topological polar surface area (TPSA) is 120 Å². The Bertz CT molecular complexity index is 761. The van der Waals surface area contributed by atoms with Gasteiger partial charge in [-0.15, -0.1) is 0 Å². The van der Waals surface area contributed by atoms with E-state index in [1.54, 1.807) is 0 Å². The number of hydrogen-bond acceptors (Lipinski definition) is 7. The fourth-order valence-corrected chi connectivity index (χ4v) is 2.86. The van der Waals surface area contributed by atoms with Crippen molar-refractivity contribution in [3.63, 3.8) is 0 Å². The predicted octanol–water partition coefficient (Wildman–Crippen LogP) is 0.261. The minimum Gasteiger partial charge on any atom is -0.444 e. The summed E-state index contributed by atoms with van der Waals surface area (Å²) < 4.78 is 25.5. The van der Waals surface area contributed by atoms with Crippen LogP contribution in [0.25, 0.3) is 0 Å². The Morgan fingerprint density at radius 1 is 1.37 bits per heavy atom. The van der Waals surface area contributed by atoms with Crippen LogP contribution in [0.3, 0.4) is 0 Å². The highest BCUT2D eigenvalue weighted by Gasteiger charge is 2.35. The third-order valence-electron chi connectivity index (χ3n) is 4.44. The van der Waals surface area contributed by atoms with Crippen LogP contribution in [-0.4, -0.2) is 44.1 Å². The van der Waals surface area contributed by atoms with E-state index in [9.17, 15) is 23.9 Å². The molecule has 2 heterocycles. The molecule has 10 heteroatoms. The molecule has 0 radical (unpaired) electrons. The van der Waals surface area contributed by atoms with Crippen molar-refractivity contribution in [2.75, 3.05) is 6.61 Å². The minimum absolute atomic E-state index is 0.0556. The summed E-state index contributed by atoms with van der Waals surface area (Å²) >= 11 is 0. The Labute approximate surface area is 154 Å². The molecule has 2 N–H and O–H groups in total. The zero-order valence-corrected chi connectivity index (χ0v) is 15.2. The molecule has 27 heavy (non-hydrogen) atoms. The summed E-state index contributed by atoms with van der Waals surface area (Å²) in [6.07, 6.45) is 1.29. The maximum absolute atomic E-state index is 14.0. The number of esters is 1. The summed E-state index contributed by atoms with van der Waals surface area (Å²) in [7, 11) is 0. The summed E-state index contributed by atoms with van der Waals surface area (Å²) in [6, 6.07) is 0. The van der Waals surface area contributed by atoms with Crippen LogP contribution in [0.4, 0.5) is 4.39 Å². The van der Waals surface area contributed by atoms with Gasteiger partial charge in [-0.1, -0.05) is 26.2 Å². The van der Waals surface area contributed by atoms with Gasteiger partial charge in [-0.05, 0) is 6.42 Å². The van der Waals surface area contributed by atoms with Crippen molar-refractivity contribution >= 4 is 5.97 Å². The molecule has 1 aliphatic heterocycles. The Balaban J connectivity index is 2.11. The van der Waals surface area contributed by atoms with Crippen molar-refractivity contribution in [1.29, 1.82) is 0 Å². The van der Waals surface area contributed by atoms with Crippen LogP contribution in [0.2, 0.25) is 0 Å². The highest BCUT2D eigenvalue weighted by Crippen LogP contribution is 2.27. The van der Waals surface area contributed by atoms with E-state index in [4.69, 9.17) is 14.6 Å². The quantitative estimate of drug-likeness (QED) is 0.460. The van der Waals surface area contributed by atoms with Gasteiger partial charge in [0.1, 0.15) is 12.3 Å². The number of unbranched alkanes of at least 4 members (excludes halogenated alkanes) is 3. The maximum atomic E-state index is 14.0. The third-order valence-corrected chi connectivity index (χ3v) is 4.44. The first kappa shape index (κ1) is 21.3. The first-order valence-corrected chi connectivity index (χ1v) is 9.00. The lowest BCUT2D eigenvalue weighted by Crippen LogP contribution is -2.43. The second-order valence-electron chi connectivity index (χ2n) is 6.47. The number of aliphatic hydroxyl groups is 2. The van der Waals surface area contributed by atoms with Gasteiger partial charge in [-0.3, -0.25) is 14.2 Å². The molecule has 1 aromatic heterocycles. The molecule has 0 amide bonds. The molecule has 1 aliphatic rings. The van der Waals surface area contributed by atoms with Crippen molar-refractivity contribution < 1.29 is 28.9 Å². The molecule has 9 nitrogen and oxygen atoms in total. The number of ether oxygens (including phenoxy) is 2. The molecule has 0 saturated carbocycles. The van der Waals surface area contributed by atoms with Gasteiger partial charge in [0, 0.05) is 12.8 Å². The van der Waals surface area contributed by atoms with Crippen LogP contribution in [0.5, 0.6) is 0 Å². The lowest BCUT2D eigenvalue weighted by atomic mass is 10.2. The SMILES string of the molecule is CCCCCCC(=O)OCn1c(=O)c(F)cn([C@@H]2CC(O)[C@H](CO)O2)c1=O. The van der Waals surface area contributed by atoms with Gasteiger partial charge in [0.15, 0.2) is 6.73 Å². The van der Waals surface area contributed by atoms with Crippen LogP contribution < -0.4 is 11.2 Å². The molecular formula is C17H25FN2O7. The van der Waals surface area contributed by atoms with E-state index < -0.39 is 54.8 Å². The van der Waals surface area contributed by atoms with Crippen LogP contribution in [0.1, 0.15) is 51.7 Å². The summed E-state index contributed by atoms with van der Waals surface area (Å²) in [5, 5.41) is 18.9. The average molecular weight is 388 g/mol. The first-order chi connectivity index (χ1) is 12.9. The highest BCUT2D eigenvalue weighted by molar-refractivity contribution is 5.69. The monoisotopic (exact) mass is 388 g/mol. The van der Waals surface area contributed by atoms with Crippen LogP contribution in [0, 0.1) is 5.82 Å². The molecule has 152 valence electrons. The standard InChI is InChI=1S/C17H25FN2O7/c1-2-3-4-5-6-15(23)26-10-20-16(24)11(18)8-19(17(20)25)14-7-12(22)13(9-21)27-14/h8,12-14,21-22H,2-7,9-10H2,1H3/t12?,13-,14-/m0/s1. The lowest BCUT2D eigenvalue weighted by molar-refractivity contribution is -0.148. The number of nitrogens with zero attached hydrogens (tertiary/aromatic N) is 2. The van der Waals surface area contributed by atoms with Gasteiger partial charge < -0.3 is 19.7 Å². The molecule has 1 aromatic rings. The van der Waals surface area contributed by atoms with E-state index in [1.807, 2.05) is 6.92 Å². The zero-order chi connectivity index (χ0) is 20.0. The molecule has 0 spiro atoms. The Hall–Kier alpha value is -2.04. The Kier molecular flexibility index (Phi) is 7.69. The van der Waals surface area contributed by atoms with Crippen molar-refractivity contribution in [3.8, 4) is 0 Å². The molecular weight excluding hydrogens is 363 g/mol. The summed E-state index contributed by atoms with van der Waals surface area (Å²) in [6.45, 7) is 0.862. The zero-order valence-electron chi connectivity index (χ0n) is 15.2.